The van der Waals surface area contributed by atoms with E-state index in [2.05, 4.69) is 41.3 Å². The van der Waals surface area contributed by atoms with E-state index < -0.39 is 5.97 Å². The van der Waals surface area contributed by atoms with Crippen molar-refractivity contribution in [2.24, 2.45) is 5.92 Å². The number of likely N-dealkylation sites (tertiary alicyclic amines) is 1. The normalized spacial score (nSPS) is 19.9. The predicted octanol–water partition coefficient (Wildman–Crippen LogP) is 5.67. The average Bonchev–Trinajstić information content (AvgIpc) is 3.30. The number of carbonyl (C=O) groups is 2. The molecule has 3 aromatic rings. The van der Waals surface area contributed by atoms with Crippen LogP contribution >= 0.6 is 0 Å². The fourth-order valence-corrected chi connectivity index (χ4v) is 5.62. The highest BCUT2D eigenvalue weighted by Gasteiger charge is 2.47. The molecule has 0 unspecified atom stereocenters. The van der Waals surface area contributed by atoms with Crippen LogP contribution in [-0.2, 0) is 14.3 Å². The number of benzene rings is 3. The van der Waals surface area contributed by atoms with E-state index in [0.717, 1.165) is 35.4 Å². The van der Waals surface area contributed by atoms with Crippen LogP contribution in [0.4, 0.5) is 0 Å². The molecule has 0 aromatic heterocycles. The molecule has 0 bridgehead atoms. The molecule has 0 radical (unpaired) electrons. The van der Waals surface area contributed by atoms with Crippen LogP contribution in [0.5, 0.6) is 0 Å². The summed E-state index contributed by atoms with van der Waals surface area (Å²) in [5.74, 6) is -0.468. The van der Waals surface area contributed by atoms with Crippen molar-refractivity contribution in [2.75, 3.05) is 13.2 Å². The minimum absolute atomic E-state index is 0.0547. The number of carbonyl (C=O) groups excluding carboxylic acids is 2. The zero-order valence-electron chi connectivity index (χ0n) is 19.4. The SMILES string of the molecule is CCOC(=O)C1=C2[C@@H](CCN2C(c2ccccc2)c2ccccc2)[C@@H](c2ccccc2)CC1=O. The summed E-state index contributed by atoms with van der Waals surface area (Å²) in [6, 6.07) is 30.8. The lowest BCUT2D eigenvalue weighted by atomic mass is 9.74. The van der Waals surface area contributed by atoms with E-state index in [1.54, 1.807) is 6.92 Å². The van der Waals surface area contributed by atoms with Gasteiger partial charge in [-0.25, -0.2) is 4.79 Å². The van der Waals surface area contributed by atoms with Crippen LogP contribution in [0.2, 0.25) is 0 Å². The quantitative estimate of drug-likeness (QED) is 0.358. The van der Waals surface area contributed by atoms with Gasteiger partial charge in [0, 0.05) is 24.6 Å². The molecule has 4 heteroatoms. The van der Waals surface area contributed by atoms with Gasteiger partial charge in [-0.15, -0.1) is 0 Å². The van der Waals surface area contributed by atoms with Crippen molar-refractivity contribution in [1.82, 2.24) is 4.90 Å². The smallest absolute Gasteiger partial charge is 0.343 e. The molecule has 1 saturated heterocycles. The molecule has 4 nitrogen and oxygen atoms in total. The number of allylic oxidation sites excluding steroid dienone is 1. The maximum atomic E-state index is 13.5. The molecule has 0 N–H and O–H groups in total. The highest BCUT2D eigenvalue weighted by Crippen LogP contribution is 2.50. The number of hydrogen-bond acceptors (Lipinski definition) is 4. The van der Waals surface area contributed by atoms with Gasteiger partial charge in [0.05, 0.1) is 12.6 Å². The second-order valence-corrected chi connectivity index (χ2v) is 8.94. The number of ketones is 1. The molecule has 172 valence electrons. The van der Waals surface area contributed by atoms with Gasteiger partial charge in [0.25, 0.3) is 0 Å². The molecular formula is C30H29NO3. The first-order chi connectivity index (χ1) is 16.7. The Kier molecular flexibility index (Phi) is 6.31. The van der Waals surface area contributed by atoms with E-state index in [1.165, 1.54) is 0 Å². The van der Waals surface area contributed by atoms with Crippen LogP contribution < -0.4 is 0 Å². The Morgan fingerprint density at radius 1 is 0.882 bits per heavy atom. The fraction of sp³-hybridized carbons (Fsp3) is 0.267. The Morgan fingerprint density at radius 2 is 1.44 bits per heavy atom. The first kappa shape index (κ1) is 22.1. The van der Waals surface area contributed by atoms with Crippen molar-refractivity contribution in [3.63, 3.8) is 0 Å². The van der Waals surface area contributed by atoms with E-state index >= 15 is 0 Å². The van der Waals surface area contributed by atoms with Gasteiger partial charge in [0.15, 0.2) is 5.78 Å². The van der Waals surface area contributed by atoms with Gasteiger partial charge in [-0.05, 0) is 36.0 Å². The monoisotopic (exact) mass is 451 g/mol. The van der Waals surface area contributed by atoms with Crippen LogP contribution in [-0.4, -0.2) is 29.8 Å². The number of fused-ring (bicyclic) bond motifs is 1. The summed E-state index contributed by atoms with van der Waals surface area (Å²) >= 11 is 0. The lowest BCUT2D eigenvalue weighted by Crippen LogP contribution is -2.35. The summed E-state index contributed by atoms with van der Waals surface area (Å²) in [5.41, 5.74) is 4.52. The third kappa shape index (κ3) is 4.05. The summed E-state index contributed by atoms with van der Waals surface area (Å²) < 4.78 is 5.40. The first-order valence-corrected chi connectivity index (χ1v) is 12.0. The van der Waals surface area contributed by atoms with Gasteiger partial charge in [-0.1, -0.05) is 91.0 Å². The van der Waals surface area contributed by atoms with E-state index in [4.69, 9.17) is 4.74 Å². The average molecular weight is 452 g/mol. The zero-order chi connectivity index (χ0) is 23.5. The van der Waals surface area contributed by atoms with Gasteiger partial charge in [-0.2, -0.15) is 0 Å². The highest BCUT2D eigenvalue weighted by atomic mass is 16.5. The van der Waals surface area contributed by atoms with Crippen molar-refractivity contribution in [3.05, 3.63) is 119 Å². The lowest BCUT2D eigenvalue weighted by molar-refractivity contribution is -0.140. The van der Waals surface area contributed by atoms with Gasteiger partial charge >= 0.3 is 5.97 Å². The van der Waals surface area contributed by atoms with Crippen LogP contribution in [0, 0.1) is 5.92 Å². The maximum Gasteiger partial charge on any atom is 0.343 e. The van der Waals surface area contributed by atoms with Crippen molar-refractivity contribution in [1.29, 1.82) is 0 Å². The molecule has 5 rings (SSSR count). The molecular weight excluding hydrogens is 422 g/mol. The Bertz CT molecular complexity index is 1150. The summed E-state index contributed by atoms with van der Waals surface area (Å²) in [6.45, 7) is 2.80. The molecule has 0 spiro atoms. The minimum atomic E-state index is -0.495. The second kappa shape index (κ2) is 9.68. The van der Waals surface area contributed by atoms with Gasteiger partial charge in [0.1, 0.15) is 5.57 Å². The molecule has 34 heavy (non-hydrogen) atoms. The second-order valence-electron chi connectivity index (χ2n) is 8.94. The van der Waals surface area contributed by atoms with E-state index in [-0.39, 0.29) is 35.8 Å². The Labute approximate surface area is 200 Å². The molecule has 0 saturated carbocycles. The summed E-state index contributed by atoms with van der Waals surface area (Å²) in [5, 5.41) is 0. The molecule has 2 aliphatic rings. The topological polar surface area (TPSA) is 46.6 Å². The third-order valence-corrected chi connectivity index (χ3v) is 7.02. The highest BCUT2D eigenvalue weighted by molar-refractivity contribution is 6.18. The van der Waals surface area contributed by atoms with Gasteiger partial charge in [0.2, 0.25) is 0 Å². The molecule has 1 aliphatic carbocycles. The van der Waals surface area contributed by atoms with Crippen LogP contribution in [0.1, 0.15) is 48.4 Å². The predicted molar refractivity (Wildman–Crippen MR) is 132 cm³/mol. The summed E-state index contributed by atoms with van der Waals surface area (Å²) in [6.07, 6.45) is 1.22. The van der Waals surface area contributed by atoms with Gasteiger partial charge < -0.3 is 9.64 Å². The molecule has 2 atom stereocenters. The summed E-state index contributed by atoms with van der Waals surface area (Å²) in [4.78, 5) is 28.9. The van der Waals surface area contributed by atoms with E-state index in [0.29, 0.717) is 6.42 Å². The zero-order valence-corrected chi connectivity index (χ0v) is 19.4. The molecule has 1 heterocycles. The molecule has 1 aliphatic heterocycles. The number of Topliss-reactive ketones (excluding diaryl/α,β-unsaturated/α-hetero) is 1. The van der Waals surface area contributed by atoms with Crippen molar-refractivity contribution >= 4 is 11.8 Å². The van der Waals surface area contributed by atoms with Crippen LogP contribution in [0.15, 0.2) is 102 Å². The number of nitrogens with zero attached hydrogens (tertiary/aromatic N) is 1. The Morgan fingerprint density at radius 3 is 2.00 bits per heavy atom. The number of ether oxygens (including phenoxy) is 1. The van der Waals surface area contributed by atoms with E-state index in [9.17, 15) is 9.59 Å². The van der Waals surface area contributed by atoms with Crippen LogP contribution in [0.3, 0.4) is 0 Å². The minimum Gasteiger partial charge on any atom is -0.462 e. The van der Waals surface area contributed by atoms with Gasteiger partial charge in [-0.3, -0.25) is 4.79 Å². The van der Waals surface area contributed by atoms with Crippen molar-refractivity contribution in [2.45, 2.75) is 31.7 Å². The van der Waals surface area contributed by atoms with Crippen molar-refractivity contribution < 1.29 is 14.3 Å². The van der Waals surface area contributed by atoms with Crippen LogP contribution in [0.25, 0.3) is 0 Å². The molecule has 3 aromatic carbocycles. The number of esters is 1. The molecule has 0 amide bonds. The Hall–Kier alpha value is -3.66. The van der Waals surface area contributed by atoms with Crippen molar-refractivity contribution in [3.8, 4) is 0 Å². The maximum absolute atomic E-state index is 13.5. The fourth-order valence-electron chi connectivity index (χ4n) is 5.62. The Balaban J connectivity index is 1.67. The first-order valence-electron chi connectivity index (χ1n) is 12.0. The third-order valence-electron chi connectivity index (χ3n) is 7.02. The van der Waals surface area contributed by atoms with E-state index in [1.807, 2.05) is 54.6 Å². The number of hydrogen-bond donors (Lipinski definition) is 0. The largest absolute Gasteiger partial charge is 0.462 e. The lowest BCUT2D eigenvalue weighted by Gasteiger charge is -2.37. The molecule has 1 fully saturated rings. The number of rotatable bonds is 6. The summed E-state index contributed by atoms with van der Waals surface area (Å²) in [7, 11) is 0. The standard InChI is InChI=1S/C30H29NO3/c1-2-34-30(33)27-26(32)20-25(21-12-6-3-7-13-21)24-18-19-31(29(24)27)28(22-14-8-4-9-15-22)23-16-10-5-11-17-23/h3-17,24-25,28H,2,18-20H2,1H3/t24-,25+/m0/s1.